The molecule has 8 nitrogen and oxygen atoms in total. The van der Waals surface area contributed by atoms with E-state index in [1.54, 1.807) is 13.0 Å². The van der Waals surface area contributed by atoms with Crippen LogP contribution in [-0.4, -0.2) is 45.0 Å². The first-order chi connectivity index (χ1) is 10.8. The van der Waals surface area contributed by atoms with Gasteiger partial charge >= 0.3 is 5.97 Å². The third-order valence-electron chi connectivity index (χ3n) is 3.19. The third kappa shape index (κ3) is 4.60. The number of esters is 1. The Labute approximate surface area is 134 Å². The molecule has 1 amide bonds. The number of ether oxygens (including phenoxy) is 2. The van der Waals surface area contributed by atoms with Gasteiger partial charge in [0.15, 0.2) is 0 Å². The summed E-state index contributed by atoms with van der Waals surface area (Å²) in [5.41, 5.74) is 6.98. The van der Waals surface area contributed by atoms with Crippen LogP contribution in [0.1, 0.15) is 13.8 Å². The number of anilines is 3. The van der Waals surface area contributed by atoms with Crippen LogP contribution < -0.4 is 20.7 Å². The normalized spacial score (nSPS) is 11.3. The maximum atomic E-state index is 11.6. The van der Waals surface area contributed by atoms with E-state index < -0.39 is 12.0 Å². The number of amides is 1. The van der Waals surface area contributed by atoms with Crippen molar-refractivity contribution in [1.82, 2.24) is 0 Å². The SMILES string of the molecule is COC(=O)CN(c1cc(NC(C)=O)c(N)cc1OC)C(C)C=O. The molecule has 1 rings (SSSR count). The lowest BCUT2D eigenvalue weighted by Gasteiger charge is -2.29. The maximum absolute atomic E-state index is 11.6. The lowest BCUT2D eigenvalue weighted by Crippen LogP contribution is -2.39. The Morgan fingerprint density at radius 1 is 1.39 bits per heavy atom. The van der Waals surface area contributed by atoms with Crippen molar-refractivity contribution in [3.8, 4) is 5.75 Å². The molecule has 0 aliphatic rings. The van der Waals surface area contributed by atoms with E-state index in [-0.39, 0.29) is 12.5 Å². The highest BCUT2D eigenvalue weighted by Gasteiger charge is 2.23. The zero-order valence-electron chi connectivity index (χ0n) is 13.6. The molecule has 1 aromatic carbocycles. The number of hydrogen-bond donors (Lipinski definition) is 2. The zero-order valence-corrected chi connectivity index (χ0v) is 13.6. The zero-order chi connectivity index (χ0) is 17.6. The Balaban J connectivity index is 3.39. The van der Waals surface area contributed by atoms with Crippen molar-refractivity contribution in [2.75, 3.05) is 36.7 Å². The molecule has 0 bridgehead atoms. The monoisotopic (exact) mass is 323 g/mol. The summed E-state index contributed by atoms with van der Waals surface area (Å²) in [6.07, 6.45) is 0.691. The van der Waals surface area contributed by atoms with Crippen molar-refractivity contribution < 1.29 is 23.9 Å². The number of nitrogens with zero attached hydrogens (tertiary/aromatic N) is 1. The van der Waals surface area contributed by atoms with Crippen LogP contribution in [-0.2, 0) is 19.1 Å². The smallest absolute Gasteiger partial charge is 0.325 e. The topological polar surface area (TPSA) is 111 Å². The molecule has 0 aliphatic heterocycles. The van der Waals surface area contributed by atoms with Crippen LogP contribution in [0.15, 0.2) is 12.1 Å². The molecule has 0 fully saturated rings. The van der Waals surface area contributed by atoms with E-state index in [1.807, 2.05) is 0 Å². The van der Waals surface area contributed by atoms with Gasteiger partial charge in [-0.1, -0.05) is 0 Å². The van der Waals surface area contributed by atoms with E-state index in [9.17, 15) is 14.4 Å². The van der Waals surface area contributed by atoms with E-state index in [0.29, 0.717) is 29.1 Å². The van der Waals surface area contributed by atoms with Gasteiger partial charge in [-0.2, -0.15) is 0 Å². The average molecular weight is 323 g/mol. The van der Waals surface area contributed by atoms with Crippen LogP contribution >= 0.6 is 0 Å². The fourth-order valence-corrected chi connectivity index (χ4v) is 2.00. The molecule has 126 valence electrons. The molecule has 0 saturated carbocycles. The van der Waals surface area contributed by atoms with Crippen LogP contribution in [0.25, 0.3) is 0 Å². The van der Waals surface area contributed by atoms with Crippen molar-refractivity contribution in [2.24, 2.45) is 0 Å². The van der Waals surface area contributed by atoms with E-state index in [1.165, 1.54) is 32.1 Å². The molecule has 1 aromatic rings. The molecule has 0 aliphatic carbocycles. The summed E-state index contributed by atoms with van der Waals surface area (Å²) in [6.45, 7) is 2.82. The predicted molar refractivity (Wildman–Crippen MR) is 86.6 cm³/mol. The van der Waals surface area contributed by atoms with Gasteiger partial charge in [0.1, 0.15) is 18.6 Å². The highest BCUT2D eigenvalue weighted by molar-refractivity contribution is 5.94. The predicted octanol–water partition coefficient (Wildman–Crippen LogP) is 0.803. The molecule has 8 heteroatoms. The Hall–Kier alpha value is -2.77. The molecule has 1 atom stereocenters. The first-order valence-corrected chi connectivity index (χ1v) is 6.87. The fraction of sp³-hybridized carbons (Fsp3) is 0.400. The van der Waals surface area contributed by atoms with Crippen molar-refractivity contribution in [3.63, 3.8) is 0 Å². The van der Waals surface area contributed by atoms with Gasteiger partial charge in [0.25, 0.3) is 0 Å². The molecular formula is C15H21N3O5. The van der Waals surface area contributed by atoms with E-state index >= 15 is 0 Å². The average Bonchev–Trinajstić information content (AvgIpc) is 2.52. The van der Waals surface area contributed by atoms with E-state index in [4.69, 9.17) is 10.5 Å². The van der Waals surface area contributed by atoms with Crippen LogP contribution in [0.5, 0.6) is 5.75 Å². The lowest BCUT2D eigenvalue weighted by atomic mass is 10.1. The first kappa shape index (κ1) is 18.3. The quantitative estimate of drug-likeness (QED) is 0.434. The van der Waals surface area contributed by atoms with Crippen molar-refractivity contribution >= 4 is 35.2 Å². The number of nitrogens with one attached hydrogen (secondary N) is 1. The summed E-state index contributed by atoms with van der Waals surface area (Å²) < 4.78 is 9.93. The highest BCUT2D eigenvalue weighted by Crippen LogP contribution is 2.36. The standard InChI is InChI=1S/C15H21N3O5/c1-9(8-19)18(7-15(21)23-4)13-6-12(17-10(2)20)11(16)5-14(13)22-3/h5-6,8-9H,7,16H2,1-4H3,(H,17,20). The minimum atomic E-state index is -0.614. The van der Waals surface area contributed by atoms with Gasteiger partial charge in [-0.05, 0) is 13.0 Å². The van der Waals surface area contributed by atoms with Gasteiger partial charge in [-0.3, -0.25) is 9.59 Å². The molecule has 0 radical (unpaired) electrons. The van der Waals surface area contributed by atoms with Crippen molar-refractivity contribution in [3.05, 3.63) is 12.1 Å². The third-order valence-corrected chi connectivity index (χ3v) is 3.19. The molecule has 0 spiro atoms. The summed E-state index contributed by atoms with van der Waals surface area (Å²) in [5.74, 6) is -0.441. The Kier molecular flexibility index (Phi) is 6.37. The minimum absolute atomic E-state index is 0.157. The summed E-state index contributed by atoms with van der Waals surface area (Å²) >= 11 is 0. The largest absolute Gasteiger partial charge is 0.495 e. The fourth-order valence-electron chi connectivity index (χ4n) is 2.00. The summed E-state index contributed by atoms with van der Waals surface area (Å²) in [6, 6.07) is 2.46. The maximum Gasteiger partial charge on any atom is 0.325 e. The molecule has 0 saturated heterocycles. The Bertz CT molecular complexity index is 603. The minimum Gasteiger partial charge on any atom is -0.495 e. The van der Waals surface area contributed by atoms with Gasteiger partial charge in [0.2, 0.25) is 5.91 Å². The van der Waals surface area contributed by atoms with E-state index in [2.05, 4.69) is 10.1 Å². The second-order valence-corrected chi connectivity index (χ2v) is 4.87. The van der Waals surface area contributed by atoms with Crippen molar-refractivity contribution in [1.29, 1.82) is 0 Å². The van der Waals surface area contributed by atoms with Gasteiger partial charge in [0, 0.05) is 13.0 Å². The molecule has 23 heavy (non-hydrogen) atoms. The number of carbonyl (C=O) groups is 3. The summed E-state index contributed by atoms with van der Waals surface area (Å²) in [4.78, 5) is 35.6. The van der Waals surface area contributed by atoms with Gasteiger partial charge < -0.3 is 30.2 Å². The molecular weight excluding hydrogens is 302 g/mol. The number of rotatable bonds is 7. The second kappa shape index (κ2) is 8.02. The van der Waals surface area contributed by atoms with Gasteiger partial charge in [0.05, 0.1) is 37.3 Å². The molecule has 3 N–H and O–H groups in total. The number of benzene rings is 1. The highest BCUT2D eigenvalue weighted by atomic mass is 16.5. The number of nitrogens with two attached hydrogens (primary N) is 1. The lowest BCUT2D eigenvalue weighted by molar-refractivity contribution is -0.139. The number of methoxy groups -OCH3 is 2. The number of aldehydes is 1. The van der Waals surface area contributed by atoms with Crippen LogP contribution in [0.2, 0.25) is 0 Å². The van der Waals surface area contributed by atoms with Crippen LogP contribution in [0.4, 0.5) is 17.1 Å². The Morgan fingerprint density at radius 3 is 2.52 bits per heavy atom. The summed E-state index contributed by atoms with van der Waals surface area (Å²) in [7, 11) is 2.70. The number of hydrogen-bond acceptors (Lipinski definition) is 7. The van der Waals surface area contributed by atoms with Gasteiger partial charge in [-0.25, -0.2) is 0 Å². The number of carbonyl (C=O) groups excluding carboxylic acids is 3. The summed E-state index contributed by atoms with van der Waals surface area (Å²) in [5, 5.41) is 2.59. The van der Waals surface area contributed by atoms with Crippen LogP contribution in [0, 0.1) is 0 Å². The second-order valence-electron chi connectivity index (χ2n) is 4.87. The van der Waals surface area contributed by atoms with Gasteiger partial charge in [-0.15, -0.1) is 0 Å². The first-order valence-electron chi connectivity index (χ1n) is 6.87. The van der Waals surface area contributed by atoms with Crippen LogP contribution in [0.3, 0.4) is 0 Å². The Morgan fingerprint density at radius 2 is 2.04 bits per heavy atom. The van der Waals surface area contributed by atoms with E-state index in [0.717, 1.165) is 0 Å². The molecule has 0 aromatic heterocycles. The number of nitrogen functional groups attached to an aromatic ring is 1. The molecule has 1 unspecified atom stereocenters. The van der Waals surface area contributed by atoms with Crippen molar-refractivity contribution in [2.45, 2.75) is 19.9 Å². The molecule has 0 heterocycles.